The van der Waals surface area contributed by atoms with E-state index in [4.69, 9.17) is 4.42 Å². The fraction of sp³-hybridized carbons (Fsp3) is 0.333. The molecule has 0 atom stereocenters. The van der Waals surface area contributed by atoms with Gasteiger partial charge in [-0.1, -0.05) is 5.16 Å². The maximum Gasteiger partial charge on any atom is 0.311 e. The predicted molar refractivity (Wildman–Crippen MR) is 48.9 cm³/mol. The summed E-state index contributed by atoms with van der Waals surface area (Å²) in [4.78, 5) is 15.6. The monoisotopic (exact) mass is 197 g/mol. The minimum atomic E-state index is -0.391. The van der Waals surface area contributed by atoms with Crippen LogP contribution in [0.25, 0.3) is 0 Å². The summed E-state index contributed by atoms with van der Waals surface area (Å²) >= 11 is 0. The zero-order valence-electron chi connectivity index (χ0n) is 8.02. The first-order chi connectivity index (χ1) is 6.77. The van der Waals surface area contributed by atoms with Gasteiger partial charge in [0.05, 0.1) is 19.8 Å². The van der Waals surface area contributed by atoms with Crippen molar-refractivity contribution in [1.29, 1.82) is 0 Å². The Morgan fingerprint density at radius 2 is 2.36 bits per heavy atom. The molecular weight excluding hydrogens is 186 g/mol. The molecule has 14 heavy (non-hydrogen) atoms. The van der Waals surface area contributed by atoms with Gasteiger partial charge in [-0.15, -0.1) is 0 Å². The second kappa shape index (κ2) is 5.06. The van der Waals surface area contributed by atoms with Gasteiger partial charge >= 0.3 is 5.97 Å². The summed E-state index contributed by atoms with van der Waals surface area (Å²) < 4.78 is 9.58. The molecule has 5 heteroatoms. The molecule has 0 radical (unpaired) electrons. The average molecular weight is 197 g/mol. The first-order valence-corrected chi connectivity index (χ1v) is 3.98. The van der Waals surface area contributed by atoms with E-state index in [-0.39, 0.29) is 6.42 Å². The lowest BCUT2D eigenvalue weighted by atomic mass is 10.2. The predicted octanol–water partition coefficient (Wildman–Crippen LogP) is 1.19. The molecule has 0 aliphatic heterocycles. The van der Waals surface area contributed by atoms with Crippen molar-refractivity contribution < 1.29 is 18.8 Å². The molecule has 0 saturated heterocycles. The summed E-state index contributed by atoms with van der Waals surface area (Å²) in [6.07, 6.45) is 1.52. The number of hydrogen-bond acceptors (Lipinski definition) is 5. The number of oxime groups is 1. The zero-order chi connectivity index (χ0) is 10.4. The van der Waals surface area contributed by atoms with Crippen molar-refractivity contribution in [3.63, 3.8) is 0 Å². The summed E-state index contributed by atoms with van der Waals surface area (Å²) in [5.41, 5.74) is 0.407. The number of ether oxygens (including phenoxy) is 1. The molecule has 0 spiro atoms. The van der Waals surface area contributed by atoms with Gasteiger partial charge < -0.3 is 14.0 Å². The molecule has 5 nitrogen and oxygen atoms in total. The van der Waals surface area contributed by atoms with E-state index in [2.05, 4.69) is 14.7 Å². The number of furan rings is 1. The Labute approximate surface area is 81.3 Å². The highest BCUT2D eigenvalue weighted by Gasteiger charge is 2.13. The van der Waals surface area contributed by atoms with Gasteiger partial charge in [-0.25, -0.2) is 0 Å². The summed E-state index contributed by atoms with van der Waals surface area (Å²) in [6.45, 7) is 0. The Kier molecular flexibility index (Phi) is 3.72. The molecule has 0 saturated carbocycles. The van der Waals surface area contributed by atoms with E-state index in [1.165, 1.54) is 20.5 Å². The molecule has 0 aliphatic rings. The molecule has 0 aromatic carbocycles. The summed E-state index contributed by atoms with van der Waals surface area (Å²) in [6, 6.07) is 3.40. The third kappa shape index (κ3) is 2.62. The maximum absolute atomic E-state index is 11.0. The van der Waals surface area contributed by atoms with Crippen LogP contribution in [0.15, 0.2) is 28.0 Å². The Morgan fingerprint density at radius 3 is 2.86 bits per heavy atom. The second-order valence-corrected chi connectivity index (χ2v) is 2.45. The molecule has 0 fully saturated rings. The van der Waals surface area contributed by atoms with E-state index in [9.17, 15) is 4.79 Å². The second-order valence-electron chi connectivity index (χ2n) is 2.45. The van der Waals surface area contributed by atoms with E-state index in [1.54, 1.807) is 12.1 Å². The van der Waals surface area contributed by atoms with Crippen molar-refractivity contribution in [3.8, 4) is 0 Å². The van der Waals surface area contributed by atoms with E-state index < -0.39 is 5.97 Å². The molecule has 0 N–H and O–H groups in total. The van der Waals surface area contributed by atoms with Crippen LogP contribution < -0.4 is 0 Å². The van der Waals surface area contributed by atoms with Gasteiger partial charge in [-0.05, 0) is 12.1 Å². The lowest BCUT2D eigenvalue weighted by Crippen LogP contribution is -2.10. The summed E-state index contributed by atoms with van der Waals surface area (Å²) in [5, 5.41) is 3.68. The normalized spacial score (nSPS) is 11.1. The van der Waals surface area contributed by atoms with Gasteiger partial charge in [0.25, 0.3) is 0 Å². The molecule has 1 heterocycles. The van der Waals surface area contributed by atoms with Crippen LogP contribution >= 0.6 is 0 Å². The van der Waals surface area contributed by atoms with Gasteiger partial charge in [0, 0.05) is 0 Å². The summed E-state index contributed by atoms with van der Waals surface area (Å²) in [7, 11) is 2.72. The smallest absolute Gasteiger partial charge is 0.311 e. The van der Waals surface area contributed by atoms with Crippen molar-refractivity contribution >= 4 is 11.7 Å². The van der Waals surface area contributed by atoms with Crippen LogP contribution in [0.2, 0.25) is 0 Å². The fourth-order valence-corrected chi connectivity index (χ4v) is 0.926. The number of hydrogen-bond donors (Lipinski definition) is 0. The lowest BCUT2D eigenvalue weighted by molar-refractivity contribution is -0.139. The first-order valence-electron chi connectivity index (χ1n) is 3.98. The Balaban J connectivity index is 2.76. The van der Waals surface area contributed by atoms with Crippen LogP contribution in [0, 0.1) is 0 Å². The fourth-order valence-electron chi connectivity index (χ4n) is 0.926. The maximum atomic E-state index is 11.0. The van der Waals surface area contributed by atoms with Crippen molar-refractivity contribution in [3.05, 3.63) is 24.2 Å². The highest BCUT2D eigenvalue weighted by Crippen LogP contribution is 2.06. The van der Waals surface area contributed by atoms with E-state index >= 15 is 0 Å². The third-order valence-electron chi connectivity index (χ3n) is 1.55. The number of carbonyl (C=O) groups excluding carboxylic acids is 1. The number of rotatable bonds is 4. The molecule has 0 bridgehead atoms. The van der Waals surface area contributed by atoms with E-state index in [0.29, 0.717) is 11.5 Å². The molecule has 76 valence electrons. The Hall–Kier alpha value is -1.78. The van der Waals surface area contributed by atoms with Crippen LogP contribution in [0.4, 0.5) is 0 Å². The highest BCUT2D eigenvalue weighted by atomic mass is 16.6. The van der Waals surface area contributed by atoms with Gasteiger partial charge in [0.15, 0.2) is 5.76 Å². The van der Waals surface area contributed by atoms with Crippen molar-refractivity contribution in [2.45, 2.75) is 6.42 Å². The van der Waals surface area contributed by atoms with Crippen LogP contribution in [0.1, 0.15) is 12.2 Å². The molecule has 0 unspecified atom stereocenters. The number of esters is 1. The summed E-state index contributed by atoms with van der Waals surface area (Å²) in [5.74, 6) is 0.106. The lowest BCUT2D eigenvalue weighted by Gasteiger charge is -2.00. The largest absolute Gasteiger partial charge is 0.469 e. The van der Waals surface area contributed by atoms with Gasteiger partial charge in [-0.2, -0.15) is 0 Å². The Morgan fingerprint density at radius 1 is 1.57 bits per heavy atom. The molecule has 1 rings (SSSR count). The molecule has 0 amide bonds. The average Bonchev–Trinajstić information content (AvgIpc) is 2.69. The molecule has 0 aliphatic carbocycles. The molecule has 1 aromatic heterocycles. The molecule has 1 aromatic rings. The van der Waals surface area contributed by atoms with Gasteiger partial charge in [0.2, 0.25) is 0 Å². The molecular formula is C9H11NO4. The SMILES string of the molecule is CO/N=C(/CC(=O)OC)c1ccco1. The Bertz CT molecular complexity index is 316. The quantitative estimate of drug-likeness (QED) is 0.413. The minimum absolute atomic E-state index is 0.0256. The van der Waals surface area contributed by atoms with E-state index in [0.717, 1.165) is 0 Å². The van der Waals surface area contributed by atoms with E-state index in [1.807, 2.05) is 0 Å². The van der Waals surface area contributed by atoms with Gasteiger partial charge in [-0.3, -0.25) is 4.79 Å². The standard InChI is InChI=1S/C9H11NO4/c1-12-9(11)6-7(10-13-2)8-4-3-5-14-8/h3-5H,6H2,1-2H3/b10-7-. The van der Waals surface area contributed by atoms with Crippen molar-refractivity contribution in [2.75, 3.05) is 14.2 Å². The number of carbonyl (C=O) groups is 1. The van der Waals surface area contributed by atoms with Crippen LogP contribution in [-0.2, 0) is 14.4 Å². The van der Waals surface area contributed by atoms with Crippen LogP contribution in [0.3, 0.4) is 0 Å². The number of nitrogens with zero attached hydrogens (tertiary/aromatic N) is 1. The van der Waals surface area contributed by atoms with Gasteiger partial charge in [0.1, 0.15) is 12.8 Å². The highest BCUT2D eigenvalue weighted by molar-refractivity contribution is 6.07. The van der Waals surface area contributed by atoms with Crippen LogP contribution in [0.5, 0.6) is 0 Å². The zero-order valence-corrected chi connectivity index (χ0v) is 8.02. The topological polar surface area (TPSA) is 61.0 Å². The third-order valence-corrected chi connectivity index (χ3v) is 1.55. The van der Waals surface area contributed by atoms with Crippen molar-refractivity contribution in [2.24, 2.45) is 5.16 Å². The minimum Gasteiger partial charge on any atom is -0.469 e. The number of methoxy groups -OCH3 is 1. The van der Waals surface area contributed by atoms with Crippen LogP contribution in [-0.4, -0.2) is 25.9 Å². The first kappa shape index (κ1) is 10.3. The van der Waals surface area contributed by atoms with Crippen molar-refractivity contribution in [1.82, 2.24) is 0 Å².